The van der Waals surface area contributed by atoms with Gasteiger partial charge in [0.05, 0.1) is 18.0 Å². The van der Waals surface area contributed by atoms with Crippen molar-refractivity contribution in [1.82, 2.24) is 4.98 Å². The second kappa shape index (κ2) is 8.55. The molecule has 3 rings (SSSR count). The van der Waals surface area contributed by atoms with Gasteiger partial charge in [-0.3, -0.25) is 14.5 Å². The van der Waals surface area contributed by atoms with E-state index in [0.717, 1.165) is 11.1 Å². The maximum absolute atomic E-state index is 11.0. The lowest BCUT2D eigenvalue weighted by atomic mass is 10.1. The third-order valence-electron chi connectivity index (χ3n) is 4.16. The Morgan fingerprint density at radius 1 is 1.03 bits per heavy atom. The van der Waals surface area contributed by atoms with Crippen LogP contribution in [-0.2, 0) is 15.7 Å². The first-order valence-corrected chi connectivity index (χ1v) is 10.1. The average Bonchev–Trinajstić information content (AvgIpc) is 2.68. The van der Waals surface area contributed by atoms with E-state index >= 15 is 0 Å². The van der Waals surface area contributed by atoms with E-state index in [0.29, 0.717) is 16.9 Å². The van der Waals surface area contributed by atoms with E-state index < -0.39 is 14.4 Å². The van der Waals surface area contributed by atoms with E-state index in [-0.39, 0.29) is 17.1 Å². The molecule has 0 unspecified atom stereocenters. The van der Waals surface area contributed by atoms with E-state index in [2.05, 4.69) is 14.5 Å². The molecule has 2 aromatic carbocycles. The minimum atomic E-state index is -4.66. The number of rotatable bonds is 6. The highest BCUT2D eigenvalue weighted by molar-refractivity contribution is 7.46. The summed E-state index contributed by atoms with van der Waals surface area (Å²) in [6, 6.07) is 14.1. The SMILES string of the molecule is Cc1ncc(COP(=O)(O)O)c(C=Nc2ccc(-c3ccc(O)cc3)cc2)c1O. The summed E-state index contributed by atoms with van der Waals surface area (Å²) in [6.45, 7) is 1.18. The van der Waals surface area contributed by atoms with Crippen LogP contribution in [0, 0.1) is 6.92 Å². The Balaban J connectivity index is 1.84. The summed E-state index contributed by atoms with van der Waals surface area (Å²) in [4.78, 5) is 26.1. The van der Waals surface area contributed by atoms with Crippen molar-refractivity contribution in [3.63, 3.8) is 0 Å². The Bertz CT molecular complexity index is 1080. The number of benzene rings is 2. The number of nitrogens with zero attached hydrogens (tertiary/aromatic N) is 2. The fraction of sp³-hybridized carbons (Fsp3) is 0.100. The van der Waals surface area contributed by atoms with Gasteiger partial charge < -0.3 is 20.0 Å². The quantitative estimate of drug-likeness (QED) is 0.356. The van der Waals surface area contributed by atoms with Gasteiger partial charge in [-0.25, -0.2) is 4.57 Å². The first-order chi connectivity index (χ1) is 13.7. The van der Waals surface area contributed by atoms with E-state index in [1.54, 1.807) is 43.3 Å². The fourth-order valence-electron chi connectivity index (χ4n) is 2.60. The summed E-state index contributed by atoms with van der Waals surface area (Å²) < 4.78 is 15.5. The zero-order chi connectivity index (χ0) is 21.0. The Morgan fingerprint density at radius 3 is 2.21 bits per heavy atom. The molecule has 0 radical (unpaired) electrons. The Kier molecular flexibility index (Phi) is 6.10. The fourth-order valence-corrected chi connectivity index (χ4v) is 2.91. The van der Waals surface area contributed by atoms with Crippen molar-refractivity contribution in [3.8, 4) is 22.6 Å². The minimum absolute atomic E-state index is 0.138. The molecule has 0 bridgehead atoms. The highest BCUT2D eigenvalue weighted by Gasteiger charge is 2.17. The molecule has 0 atom stereocenters. The predicted octanol–water partition coefficient (Wildman–Crippen LogP) is 3.83. The molecule has 0 fully saturated rings. The van der Waals surface area contributed by atoms with Crippen LogP contribution in [0.1, 0.15) is 16.8 Å². The molecule has 0 amide bonds. The standard InChI is InChI=1S/C20H19N2O6P/c1-13-20(24)19(16(10-21-13)12-28-29(25,26)27)11-22-17-6-2-14(3-7-17)15-4-8-18(23)9-5-15/h2-11,23-24H,12H2,1H3,(H2,25,26,27). The van der Waals surface area contributed by atoms with Gasteiger partial charge in [0.2, 0.25) is 0 Å². The number of aliphatic imine (C=N–C) groups is 1. The lowest BCUT2D eigenvalue weighted by molar-refractivity contribution is 0.188. The van der Waals surface area contributed by atoms with Gasteiger partial charge in [-0.15, -0.1) is 0 Å². The van der Waals surface area contributed by atoms with Crippen molar-refractivity contribution in [2.24, 2.45) is 4.99 Å². The Morgan fingerprint density at radius 2 is 1.62 bits per heavy atom. The zero-order valence-electron chi connectivity index (χ0n) is 15.4. The molecule has 29 heavy (non-hydrogen) atoms. The van der Waals surface area contributed by atoms with Gasteiger partial charge in [0, 0.05) is 23.5 Å². The second-order valence-electron chi connectivity index (χ2n) is 6.25. The van der Waals surface area contributed by atoms with Gasteiger partial charge in [-0.2, -0.15) is 0 Å². The number of pyridine rings is 1. The van der Waals surface area contributed by atoms with Crippen LogP contribution in [0.25, 0.3) is 11.1 Å². The molecule has 0 aliphatic rings. The number of phosphoric ester groups is 1. The number of aromatic hydroxyl groups is 2. The summed E-state index contributed by atoms with van der Waals surface area (Å²) in [5.74, 6) is 0.0576. The normalized spacial score (nSPS) is 11.8. The number of hydrogen-bond donors (Lipinski definition) is 4. The van der Waals surface area contributed by atoms with E-state index in [4.69, 9.17) is 9.79 Å². The first-order valence-electron chi connectivity index (χ1n) is 8.54. The predicted molar refractivity (Wildman–Crippen MR) is 108 cm³/mol. The van der Waals surface area contributed by atoms with Crippen molar-refractivity contribution < 1.29 is 29.1 Å². The van der Waals surface area contributed by atoms with Gasteiger partial charge in [0.1, 0.15) is 11.5 Å². The van der Waals surface area contributed by atoms with E-state index in [1.807, 2.05) is 12.1 Å². The van der Waals surface area contributed by atoms with Crippen LogP contribution in [0.15, 0.2) is 59.7 Å². The topological polar surface area (TPSA) is 132 Å². The van der Waals surface area contributed by atoms with Crippen LogP contribution in [0.3, 0.4) is 0 Å². The summed E-state index contributed by atoms with van der Waals surface area (Å²) in [5.41, 5.74) is 3.42. The van der Waals surface area contributed by atoms with E-state index in [9.17, 15) is 14.8 Å². The zero-order valence-corrected chi connectivity index (χ0v) is 16.3. The highest BCUT2D eigenvalue weighted by Crippen LogP contribution is 2.38. The molecule has 0 aliphatic carbocycles. The van der Waals surface area contributed by atoms with Crippen LogP contribution >= 0.6 is 7.82 Å². The summed E-state index contributed by atoms with van der Waals surface area (Å²) in [7, 11) is -4.66. The molecular formula is C20H19N2O6P. The second-order valence-corrected chi connectivity index (χ2v) is 7.49. The van der Waals surface area contributed by atoms with Crippen molar-refractivity contribution in [1.29, 1.82) is 0 Å². The first kappa shape index (κ1) is 20.7. The number of phenols is 1. The number of aromatic nitrogens is 1. The van der Waals surface area contributed by atoms with Crippen LogP contribution in [-0.4, -0.2) is 31.2 Å². The van der Waals surface area contributed by atoms with Crippen molar-refractivity contribution in [2.75, 3.05) is 0 Å². The lowest BCUT2D eigenvalue weighted by Gasteiger charge is -2.10. The molecule has 0 spiro atoms. The maximum atomic E-state index is 11.0. The number of hydrogen-bond acceptors (Lipinski definition) is 6. The maximum Gasteiger partial charge on any atom is 0.469 e. The van der Waals surface area contributed by atoms with Crippen LogP contribution in [0.5, 0.6) is 11.5 Å². The number of phenolic OH excluding ortho intramolecular Hbond substituents is 1. The van der Waals surface area contributed by atoms with Crippen molar-refractivity contribution >= 4 is 19.7 Å². The van der Waals surface area contributed by atoms with Crippen LogP contribution < -0.4 is 0 Å². The Labute approximate surface area is 167 Å². The minimum Gasteiger partial charge on any atom is -0.508 e. The smallest absolute Gasteiger partial charge is 0.469 e. The van der Waals surface area contributed by atoms with Crippen LogP contribution in [0.2, 0.25) is 0 Å². The molecule has 1 heterocycles. The molecule has 3 aromatic rings. The molecule has 0 aliphatic heterocycles. The number of aryl methyl sites for hydroxylation is 1. The molecule has 0 saturated carbocycles. The molecule has 1 aromatic heterocycles. The number of phosphoric acid groups is 1. The van der Waals surface area contributed by atoms with Crippen LogP contribution in [0.4, 0.5) is 5.69 Å². The molecule has 4 N–H and O–H groups in total. The highest BCUT2D eigenvalue weighted by atomic mass is 31.2. The molecular weight excluding hydrogens is 395 g/mol. The summed E-state index contributed by atoms with van der Waals surface area (Å²) >= 11 is 0. The Hall–Kier alpha value is -3.03. The molecule has 0 saturated heterocycles. The molecule has 9 heteroatoms. The summed E-state index contributed by atoms with van der Waals surface area (Å²) in [6.07, 6.45) is 2.78. The monoisotopic (exact) mass is 414 g/mol. The third-order valence-corrected chi connectivity index (χ3v) is 4.62. The van der Waals surface area contributed by atoms with Gasteiger partial charge in [-0.1, -0.05) is 24.3 Å². The van der Waals surface area contributed by atoms with E-state index in [1.165, 1.54) is 12.4 Å². The van der Waals surface area contributed by atoms with Gasteiger partial charge in [-0.05, 0) is 42.3 Å². The van der Waals surface area contributed by atoms with Gasteiger partial charge in [0.25, 0.3) is 0 Å². The third kappa shape index (κ3) is 5.49. The largest absolute Gasteiger partial charge is 0.508 e. The summed E-state index contributed by atoms with van der Waals surface area (Å²) in [5, 5.41) is 19.7. The lowest BCUT2D eigenvalue weighted by Crippen LogP contribution is -2.00. The van der Waals surface area contributed by atoms with Gasteiger partial charge >= 0.3 is 7.82 Å². The average molecular weight is 414 g/mol. The molecule has 8 nitrogen and oxygen atoms in total. The van der Waals surface area contributed by atoms with Crippen molar-refractivity contribution in [2.45, 2.75) is 13.5 Å². The van der Waals surface area contributed by atoms with Crippen molar-refractivity contribution in [3.05, 3.63) is 71.5 Å². The van der Waals surface area contributed by atoms with Gasteiger partial charge in [0.15, 0.2) is 0 Å². The molecule has 150 valence electrons.